The third kappa shape index (κ3) is 4.58. The zero-order valence-corrected chi connectivity index (χ0v) is 13.0. The van der Waals surface area contributed by atoms with Gasteiger partial charge in [-0.15, -0.1) is 0 Å². The van der Waals surface area contributed by atoms with Crippen LogP contribution in [0.4, 0.5) is 0 Å². The summed E-state index contributed by atoms with van der Waals surface area (Å²) in [6.45, 7) is 2.20. The molecule has 0 N–H and O–H groups in total. The number of pyridine rings is 1. The van der Waals surface area contributed by atoms with Gasteiger partial charge in [-0.3, -0.25) is 0 Å². The zero-order chi connectivity index (χ0) is 15.8. The van der Waals surface area contributed by atoms with E-state index in [1.165, 1.54) is 38.1 Å². The molecular weight excluding hydrogens is 278 g/mol. The lowest BCUT2D eigenvalue weighted by Crippen LogP contribution is -2.01. The molecule has 0 bridgehead atoms. The van der Waals surface area contributed by atoms with Gasteiger partial charge in [0.25, 0.3) is 0 Å². The van der Waals surface area contributed by atoms with Crippen molar-refractivity contribution >= 4 is 5.97 Å². The lowest BCUT2D eigenvalue weighted by Gasteiger charge is -2.06. The van der Waals surface area contributed by atoms with E-state index < -0.39 is 5.97 Å². The summed E-state index contributed by atoms with van der Waals surface area (Å²) in [7, 11) is 1.34. The van der Waals surface area contributed by atoms with Crippen LogP contribution in [0.25, 0.3) is 0 Å². The van der Waals surface area contributed by atoms with E-state index in [0.29, 0.717) is 11.4 Å². The van der Waals surface area contributed by atoms with Gasteiger partial charge in [0.15, 0.2) is 0 Å². The van der Waals surface area contributed by atoms with Gasteiger partial charge in [-0.2, -0.15) is 0 Å². The molecule has 0 fully saturated rings. The number of methoxy groups -OCH3 is 1. The molecule has 4 heteroatoms. The highest BCUT2D eigenvalue weighted by molar-refractivity contribution is 5.88. The van der Waals surface area contributed by atoms with Crippen LogP contribution in [0.5, 0.6) is 11.6 Å². The van der Waals surface area contributed by atoms with Gasteiger partial charge in [0.2, 0.25) is 5.88 Å². The molecule has 0 saturated heterocycles. The van der Waals surface area contributed by atoms with Crippen LogP contribution in [0.15, 0.2) is 42.6 Å². The summed E-state index contributed by atoms with van der Waals surface area (Å²) >= 11 is 0. The average molecular weight is 299 g/mol. The number of ether oxygens (including phenoxy) is 2. The van der Waals surface area contributed by atoms with Crippen LogP contribution in [0.2, 0.25) is 0 Å². The fourth-order valence-corrected chi connectivity index (χ4v) is 2.10. The smallest absolute Gasteiger partial charge is 0.339 e. The first kappa shape index (κ1) is 16.0. The first-order valence-electron chi connectivity index (χ1n) is 7.54. The Labute approximate surface area is 131 Å². The number of hydrogen-bond acceptors (Lipinski definition) is 4. The topological polar surface area (TPSA) is 48.4 Å². The Morgan fingerprint density at radius 1 is 1.09 bits per heavy atom. The summed E-state index contributed by atoms with van der Waals surface area (Å²) < 4.78 is 10.3. The summed E-state index contributed by atoms with van der Waals surface area (Å²) in [5, 5.41) is 0. The minimum atomic E-state index is -0.407. The monoisotopic (exact) mass is 299 g/mol. The second-order valence-electron chi connectivity index (χ2n) is 5.08. The number of esters is 1. The fourth-order valence-electron chi connectivity index (χ4n) is 2.10. The van der Waals surface area contributed by atoms with Gasteiger partial charge in [0.05, 0.1) is 12.7 Å². The van der Waals surface area contributed by atoms with Gasteiger partial charge in [-0.1, -0.05) is 31.9 Å². The van der Waals surface area contributed by atoms with Crippen molar-refractivity contribution in [2.24, 2.45) is 0 Å². The number of aromatic nitrogens is 1. The van der Waals surface area contributed by atoms with Crippen LogP contribution in [0.3, 0.4) is 0 Å². The van der Waals surface area contributed by atoms with Crippen molar-refractivity contribution < 1.29 is 14.3 Å². The second-order valence-corrected chi connectivity index (χ2v) is 5.08. The number of nitrogens with zero attached hydrogens (tertiary/aromatic N) is 1. The lowest BCUT2D eigenvalue weighted by molar-refractivity contribution is 0.0600. The summed E-state index contributed by atoms with van der Waals surface area (Å²) in [5.74, 6) is 0.777. The molecule has 1 aromatic carbocycles. The number of carbonyl (C=O) groups is 1. The summed E-state index contributed by atoms with van der Waals surface area (Å²) in [5.41, 5.74) is 1.72. The highest BCUT2D eigenvalue weighted by Crippen LogP contribution is 2.20. The van der Waals surface area contributed by atoms with Crippen molar-refractivity contribution in [3.05, 3.63) is 53.7 Å². The Bertz CT molecular complexity index is 591. The Morgan fingerprint density at radius 3 is 2.45 bits per heavy atom. The first-order chi connectivity index (χ1) is 10.7. The van der Waals surface area contributed by atoms with Crippen LogP contribution in [0, 0.1) is 0 Å². The average Bonchev–Trinajstić information content (AvgIpc) is 2.57. The number of rotatable bonds is 7. The Kier molecular flexibility index (Phi) is 5.95. The van der Waals surface area contributed by atoms with E-state index in [1.807, 2.05) is 12.1 Å². The summed E-state index contributed by atoms with van der Waals surface area (Å²) in [6, 6.07) is 11.3. The van der Waals surface area contributed by atoms with Crippen molar-refractivity contribution in [2.45, 2.75) is 32.6 Å². The van der Waals surface area contributed by atoms with E-state index in [2.05, 4.69) is 28.8 Å². The minimum absolute atomic E-state index is 0.404. The van der Waals surface area contributed by atoms with Gasteiger partial charge < -0.3 is 9.47 Å². The van der Waals surface area contributed by atoms with Crippen molar-refractivity contribution in [2.75, 3.05) is 7.11 Å². The molecule has 2 rings (SSSR count). The predicted octanol–water partition coefficient (Wildman–Crippen LogP) is 4.39. The molecule has 22 heavy (non-hydrogen) atoms. The van der Waals surface area contributed by atoms with Gasteiger partial charge in [0.1, 0.15) is 5.75 Å². The molecule has 0 radical (unpaired) electrons. The molecule has 0 aliphatic carbocycles. The Balaban J connectivity index is 1.94. The van der Waals surface area contributed by atoms with Crippen LogP contribution in [-0.2, 0) is 11.2 Å². The van der Waals surface area contributed by atoms with E-state index in [1.54, 1.807) is 12.1 Å². The number of benzene rings is 1. The highest BCUT2D eigenvalue weighted by Gasteiger charge is 2.06. The van der Waals surface area contributed by atoms with E-state index in [-0.39, 0.29) is 0 Å². The third-order valence-electron chi connectivity index (χ3n) is 3.37. The van der Waals surface area contributed by atoms with E-state index >= 15 is 0 Å². The van der Waals surface area contributed by atoms with Crippen molar-refractivity contribution in [1.82, 2.24) is 4.98 Å². The van der Waals surface area contributed by atoms with Gasteiger partial charge in [-0.05, 0) is 36.6 Å². The highest BCUT2D eigenvalue weighted by atomic mass is 16.5. The lowest BCUT2D eigenvalue weighted by atomic mass is 10.1. The number of hydrogen-bond donors (Lipinski definition) is 0. The van der Waals surface area contributed by atoms with E-state index in [9.17, 15) is 4.79 Å². The SMILES string of the molecule is CCCCCc1ccc(Oc2ccc(C(=O)OC)cn2)cc1. The van der Waals surface area contributed by atoms with Gasteiger partial charge in [-0.25, -0.2) is 9.78 Å². The molecule has 4 nitrogen and oxygen atoms in total. The van der Waals surface area contributed by atoms with Crippen molar-refractivity contribution in [1.29, 1.82) is 0 Å². The maximum Gasteiger partial charge on any atom is 0.339 e. The summed E-state index contributed by atoms with van der Waals surface area (Å²) in [4.78, 5) is 15.4. The van der Waals surface area contributed by atoms with E-state index in [0.717, 1.165) is 12.2 Å². The van der Waals surface area contributed by atoms with Crippen LogP contribution >= 0.6 is 0 Å². The zero-order valence-electron chi connectivity index (χ0n) is 13.0. The minimum Gasteiger partial charge on any atom is -0.465 e. The van der Waals surface area contributed by atoms with Crippen LogP contribution in [0.1, 0.15) is 42.1 Å². The normalized spacial score (nSPS) is 10.3. The maximum atomic E-state index is 11.3. The standard InChI is InChI=1S/C18H21NO3/c1-3-4-5-6-14-7-10-16(11-8-14)22-17-12-9-15(13-19-17)18(20)21-2/h7-13H,3-6H2,1-2H3. The second kappa shape index (κ2) is 8.17. The largest absolute Gasteiger partial charge is 0.465 e. The molecule has 1 aromatic heterocycles. The van der Waals surface area contributed by atoms with Crippen molar-refractivity contribution in [3.63, 3.8) is 0 Å². The Hall–Kier alpha value is -2.36. The molecule has 0 unspecified atom stereocenters. The van der Waals surface area contributed by atoms with Gasteiger partial charge in [0, 0.05) is 12.3 Å². The molecule has 0 atom stereocenters. The molecule has 0 amide bonds. The molecule has 1 heterocycles. The van der Waals surface area contributed by atoms with Crippen LogP contribution in [-0.4, -0.2) is 18.1 Å². The number of aryl methyl sites for hydroxylation is 1. The predicted molar refractivity (Wildman–Crippen MR) is 85.3 cm³/mol. The summed E-state index contributed by atoms with van der Waals surface area (Å²) in [6.07, 6.45) is 6.25. The molecule has 116 valence electrons. The Morgan fingerprint density at radius 2 is 1.86 bits per heavy atom. The first-order valence-corrected chi connectivity index (χ1v) is 7.54. The molecule has 0 aliphatic rings. The molecule has 0 saturated carbocycles. The maximum absolute atomic E-state index is 11.3. The van der Waals surface area contributed by atoms with Crippen LogP contribution < -0.4 is 4.74 Å². The molecule has 0 aliphatic heterocycles. The fraction of sp³-hybridized carbons (Fsp3) is 0.333. The van der Waals surface area contributed by atoms with Gasteiger partial charge >= 0.3 is 5.97 Å². The number of carbonyl (C=O) groups excluding carboxylic acids is 1. The van der Waals surface area contributed by atoms with E-state index in [4.69, 9.17) is 4.74 Å². The van der Waals surface area contributed by atoms with Crippen molar-refractivity contribution in [3.8, 4) is 11.6 Å². The third-order valence-corrected chi connectivity index (χ3v) is 3.37. The molecule has 2 aromatic rings. The molecule has 0 spiro atoms. The quantitative estimate of drug-likeness (QED) is 0.562. The molecular formula is C18H21NO3. The number of unbranched alkanes of at least 4 members (excludes halogenated alkanes) is 2.